The molecule has 0 radical (unpaired) electrons. The Bertz CT molecular complexity index is 1160. The minimum Gasteiger partial charge on any atom is -0.348 e. The van der Waals surface area contributed by atoms with Crippen molar-refractivity contribution in [2.45, 2.75) is 17.9 Å². The van der Waals surface area contributed by atoms with Gasteiger partial charge in [0.15, 0.2) is 9.84 Å². The molecule has 1 heterocycles. The fourth-order valence-electron chi connectivity index (χ4n) is 2.63. The van der Waals surface area contributed by atoms with Crippen molar-refractivity contribution in [3.8, 4) is 11.8 Å². The maximum atomic E-state index is 12.4. The minimum atomic E-state index is -3.23. The first-order chi connectivity index (χ1) is 13.9. The molecule has 0 spiro atoms. The molecule has 0 unspecified atom stereocenters. The van der Waals surface area contributed by atoms with Gasteiger partial charge < -0.3 is 5.32 Å². The summed E-state index contributed by atoms with van der Waals surface area (Å²) in [7, 11) is -3.23. The van der Waals surface area contributed by atoms with Gasteiger partial charge in [-0.05, 0) is 47.5 Å². The SMILES string of the molecule is CS(=O)(=O)c1ccc(CNC(=O)c2cccc(C#CCc3cccnc3)c2)cc1. The highest BCUT2D eigenvalue weighted by atomic mass is 32.2. The third-order valence-corrected chi connectivity index (χ3v) is 5.31. The highest BCUT2D eigenvalue weighted by Crippen LogP contribution is 2.11. The number of nitrogens with one attached hydrogen (secondary N) is 1. The van der Waals surface area contributed by atoms with Crippen LogP contribution in [0.3, 0.4) is 0 Å². The summed E-state index contributed by atoms with van der Waals surface area (Å²) in [5, 5.41) is 2.84. The van der Waals surface area contributed by atoms with Crippen LogP contribution in [0.2, 0.25) is 0 Å². The van der Waals surface area contributed by atoms with Gasteiger partial charge in [0, 0.05) is 42.7 Å². The van der Waals surface area contributed by atoms with Crippen LogP contribution in [0.15, 0.2) is 78.0 Å². The van der Waals surface area contributed by atoms with Gasteiger partial charge in [-0.1, -0.05) is 36.1 Å². The third kappa shape index (κ3) is 6.03. The van der Waals surface area contributed by atoms with E-state index in [9.17, 15) is 13.2 Å². The molecule has 0 aliphatic heterocycles. The monoisotopic (exact) mass is 404 g/mol. The Morgan fingerprint density at radius 3 is 2.52 bits per heavy atom. The molecule has 1 amide bonds. The van der Waals surface area contributed by atoms with E-state index in [4.69, 9.17) is 0 Å². The van der Waals surface area contributed by atoms with E-state index in [1.54, 1.807) is 42.7 Å². The van der Waals surface area contributed by atoms with E-state index in [2.05, 4.69) is 22.1 Å². The molecule has 1 N–H and O–H groups in total. The molecule has 1 aromatic heterocycles. The number of aromatic nitrogens is 1. The maximum absolute atomic E-state index is 12.4. The van der Waals surface area contributed by atoms with Gasteiger partial charge in [0.1, 0.15) is 0 Å². The van der Waals surface area contributed by atoms with Crippen molar-refractivity contribution in [3.05, 3.63) is 95.3 Å². The summed E-state index contributed by atoms with van der Waals surface area (Å²) in [6.45, 7) is 0.305. The molecule has 2 aromatic carbocycles. The number of amides is 1. The standard InChI is InChI=1S/C23H20N2O3S/c1-29(27,28)22-12-10-20(11-13-22)17-25-23(26)21-9-3-6-18(15-21)5-2-7-19-8-4-14-24-16-19/h3-4,6,8-16H,7,17H2,1H3,(H,25,26). The van der Waals surface area contributed by atoms with Gasteiger partial charge in [-0.25, -0.2) is 8.42 Å². The summed E-state index contributed by atoms with van der Waals surface area (Å²) in [6.07, 6.45) is 5.25. The Kier molecular flexibility index (Phi) is 6.43. The Hall–Kier alpha value is -3.43. The van der Waals surface area contributed by atoms with E-state index in [0.717, 1.165) is 22.9 Å². The lowest BCUT2D eigenvalue weighted by atomic mass is 10.1. The van der Waals surface area contributed by atoms with Crippen LogP contribution in [-0.4, -0.2) is 25.6 Å². The summed E-state index contributed by atoms with van der Waals surface area (Å²) in [4.78, 5) is 16.7. The highest BCUT2D eigenvalue weighted by Gasteiger charge is 2.08. The van der Waals surface area contributed by atoms with Crippen molar-refractivity contribution < 1.29 is 13.2 Å². The number of benzene rings is 2. The summed E-state index contributed by atoms with van der Waals surface area (Å²) in [5.74, 6) is 5.94. The first kappa shape index (κ1) is 20.3. The molecule has 0 aliphatic carbocycles. The van der Waals surface area contributed by atoms with E-state index in [-0.39, 0.29) is 10.8 Å². The zero-order valence-corrected chi connectivity index (χ0v) is 16.7. The normalized spacial score (nSPS) is 10.7. The lowest BCUT2D eigenvalue weighted by molar-refractivity contribution is 0.0951. The van der Waals surface area contributed by atoms with Crippen LogP contribution in [0.5, 0.6) is 0 Å². The van der Waals surface area contributed by atoms with Crippen molar-refractivity contribution in [2.75, 3.05) is 6.26 Å². The number of hydrogen-bond acceptors (Lipinski definition) is 4. The molecule has 0 saturated heterocycles. The van der Waals surface area contributed by atoms with Gasteiger partial charge in [-0.2, -0.15) is 0 Å². The molecule has 3 aromatic rings. The molecule has 3 rings (SSSR count). The Morgan fingerprint density at radius 2 is 1.83 bits per heavy atom. The van der Waals surface area contributed by atoms with Crippen LogP contribution in [0.25, 0.3) is 0 Å². The number of carbonyl (C=O) groups excluding carboxylic acids is 1. The topological polar surface area (TPSA) is 76.1 Å². The average molecular weight is 404 g/mol. The van der Waals surface area contributed by atoms with Crippen LogP contribution in [0.4, 0.5) is 0 Å². The lowest BCUT2D eigenvalue weighted by Gasteiger charge is -2.07. The van der Waals surface area contributed by atoms with Gasteiger partial charge in [0.05, 0.1) is 4.90 Å². The predicted molar refractivity (Wildman–Crippen MR) is 112 cm³/mol. The lowest BCUT2D eigenvalue weighted by Crippen LogP contribution is -2.22. The largest absolute Gasteiger partial charge is 0.348 e. The third-order valence-electron chi connectivity index (χ3n) is 4.18. The van der Waals surface area contributed by atoms with Crippen molar-refractivity contribution in [1.82, 2.24) is 10.3 Å². The highest BCUT2D eigenvalue weighted by molar-refractivity contribution is 7.90. The number of hydrogen-bond donors (Lipinski definition) is 1. The Labute approximate surface area is 170 Å². The van der Waals surface area contributed by atoms with Gasteiger partial charge in [-0.15, -0.1) is 0 Å². The number of nitrogens with zero attached hydrogens (tertiary/aromatic N) is 1. The summed E-state index contributed by atoms with van der Waals surface area (Å²) < 4.78 is 23.0. The Morgan fingerprint density at radius 1 is 1.03 bits per heavy atom. The molecule has 0 atom stereocenters. The van der Waals surface area contributed by atoms with Crippen molar-refractivity contribution in [2.24, 2.45) is 0 Å². The fourth-order valence-corrected chi connectivity index (χ4v) is 3.26. The van der Waals surface area contributed by atoms with Crippen LogP contribution >= 0.6 is 0 Å². The van der Waals surface area contributed by atoms with Gasteiger partial charge in [-0.3, -0.25) is 9.78 Å². The quantitative estimate of drug-likeness (QED) is 0.664. The number of pyridine rings is 1. The summed E-state index contributed by atoms with van der Waals surface area (Å²) >= 11 is 0. The summed E-state index contributed by atoms with van der Waals surface area (Å²) in [5.41, 5.74) is 3.14. The Balaban J connectivity index is 1.61. The van der Waals surface area contributed by atoms with Gasteiger partial charge in [0.2, 0.25) is 0 Å². The number of carbonyl (C=O) groups is 1. The molecule has 5 nitrogen and oxygen atoms in total. The van der Waals surface area contributed by atoms with Gasteiger partial charge >= 0.3 is 0 Å². The van der Waals surface area contributed by atoms with E-state index < -0.39 is 9.84 Å². The number of rotatable bonds is 5. The molecule has 146 valence electrons. The first-order valence-electron chi connectivity index (χ1n) is 8.97. The van der Waals surface area contributed by atoms with E-state index in [1.807, 2.05) is 18.2 Å². The second-order valence-electron chi connectivity index (χ2n) is 6.52. The molecule has 0 bridgehead atoms. The average Bonchev–Trinajstić information content (AvgIpc) is 2.73. The maximum Gasteiger partial charge on any atom is 0.251 e. The minimum absolute atomic E-state index is 0.215. The summed E-state index contributed by atoms with van der Waals surface area (Å²) in [6, 6.07) is 17.4. The van der Waals surface area contributed by atoms with Crippen LogP contribution in [0, 0.1) is 11.8 Å². The van der Waals surface area contributed by atoms with Crippen LogP contribution in [0.1, 0.15) is 27.0 Å². The molecule has 0 saturated carbocycles. The zero-order chi connectivity index (χ0) is 20.7. The molecule has 6 heteroatoms. The van der Waals surface area contributed by atoms with Crippen LogP contribution < -0.4 is 5.32 Å². The molecule has 29 heavy (non-hydrogen) atoms. The molecule has 0 fully saturated rings. The predicted octanol–water partition coefficient (Wildman–Crippen LogP) is 3.01. The second-order valence-corrected chi connectivity index (χ2v) is 8.54. The number of sulfone groups is 1. The fraction of sp³-hybridized carbons (Fsp3) is 0.130. The van der Waals surface area contributed by atoms with E-state index in [0.29, 0.717) is 18.5 Å². The van der Waals surface area contributed by atoms with Crippen LogP contribution in [-0.2, 0) is 22.8 Å². The smallest absolute Gasteiger partial charge is 0.251 e. The van der Waals surface area contributed by atoms with E-state index in [1.165, 1.54) is 12.1 Å². The zero-order valence-electron chi connectivity index (χ0n) is 15.9. The molecule has 0 aliphatic rings. The van der Waals surface area contributed by atoms with Crippen molar-refractivity contribution in [1.29, 1.82) is 0 Å². The molecular formula is C23H20N2O3S. The van der Waals surface area contributed by atoms with Crippen molar-refractivity contribution >= 4 is 15.7 Å². The van der Waals surface area contributed by atoms with E-state index >= 15 is 0 Å². The second kappa shape index (κ2) is 9.18. The first-order valence-corrected chi connectivity index (χ1v) is 10.9. The molecular weight excluding hydrogens is 384 g/mol. The van der Waals surface area contributed by atoms with Crippen molar-refractivity contribution in [3.63, 3.8) is 0 Å². The van der Waals surface area contributed by atoms with Gasteiger partial charge in [0.25, 0.3) is 5.91 Å².